The van der Waals surface area contributed by atoms with E-state index in [9.17, 15) is 9.18 Å². The van der Waals surface area contributed by atoms with Gasteiger partial charge in [0.25, 0.3) is 5.91 Å². The minimum absolute atomic E-state index is 0.0356. The molecule has 2 aliphatic rings. The van der Waals surface area contributed by atoms with Gasteiger partial charge in [-0.15, -0.1) is 0 Å². The highest BCUT2D eigenvalue weighted by atomic mass is 19.1. The van der Waals surface area contributed by atoms with E-state index in [-0.39, 0.29) is 23.6 Å². The van der Waals surface area contributed by atoms with Crippen LogP contribution >= 0.6 is 0 Å². The topological polar surface area (TPSA) is 84.7 Å². The molecule has 2 aromatic heterocycles. The number of halogens is 1. The number of hydrogen-bond acceptors (Lipinski definition) is 5. The zero-order valence-electron chi connectivity index (χ0n) is 19.3. The van der Waals surface area contributed by atoms with Crippen LogP contribution in [0.1, 0.15) is 60.6 Å². The largest absolute Gasteiger partial charge is 0.367 e. The summed E-state index contributed by atoms with van der Waals surface area (Å²) >= 11 is 0. The Balaban J connectivity index is 1.17. The molecule has 0 spiro atoms. The van der Waals surface area contributed by atoms with E-state index < -0.39 is 5.82 Å². The second-order valence-corrected chi connectivity index (χ2v) is 9.48. The highest BCUT2D eigenvalue weighted by molar-refractivity contribution is 5.94. The summed E-state index contributed by atoms with van der Waals surface area (Å²) < 4.78 is 15.8. The van der Waals surface area contributed by atoms with Crippen LogP contribution in [0.2, 0.25) is 0 Å². The van der Waals surface area contributed by atoms with Gasteiger partial charge in [-0.1, -0.05) is 30.3 Å². The first-order chi connectivity index (χ1) is 17.2. The molecule has 7 nitrogen and oxygen atoms in total. The van der Waals surface area contributed by atoms with Gasteiger partial charge in [-0.2, -0.15) is 5.10 Å². The van der Waals surface area contributed by atoms with Gasteiger partial charge in [0.15, 0.2) is 5.65 Å². The molecular formula is C27H27FN6O. The Morgan fingerprint density at radius 1 is 0.886 bits per heavy atom. The molecule has 0 bridgehead atoms. The van der Waals surface area contributed by atoms with E-state index >= 15 is 0 Å². The van der Waals surface area contributed by atoms with Crippen LogP contribution in [-0.2, 0) is 0 Å². The number of carbonyl (C=O) groups is 1. The normalized spacial score (nSPS) is 20.0. The Kier molecular flexibility index (Phi) is 5.64. The van der Waals surface area contributed by atoms with Crippen LogP contribution in [0.4, 0.5) is 10.2 Å². The van der Waals surface area contributed by atoms with E-state index in [0.29, 0.717) is 5.92 Å². The first-order valence-electron chi connectivity index (χ1n) is 12.3. The highest BCUT2D eigenvalue weighted by Crippen LogP contribution is 2.40. The van der Waals surface area contributed by atoms with Crippen molar-refractivity contribution in [2.75, 3.05) is 5.32 Å². The van der Waals surface area contributed by atoms with Crippen LogP contribution in [0.3, 0.4) is 0 Å². The zero-order valence-corrected chi connectivity index (χ0v) is 19.3. The SMILES string of the molecule is O=C(NC1CCC(Nc2nc(C3CC3)nc3c2cnn3-c2ccccc2)CC1)c1ccccc1F. The van der Waals surface area contributed by atoms with Crippen molar-refractivity contribution < 1.29 is 9.18 Å². The minimum atomic E-state index is -0.490. The first kappa shape index (κ1) is 21.7. The molecule has 0 atom stereocenters. The number of fused-ring (bicyclic) bond motifs is 1. The minimum Gasteiger partial charge on any atom is -0.367 e. The van der Waals surface area contributed by atoms with Gasteiger partial charge in [0.1, 0.15) is 17.5 Å². The van der Waals surface area contributed by atoms with Crippen LogP contribution in [0.15, 0.2) is 60.8 Å². The molecule has 35 heavy (non-hydrogen) atoms. The molecule has 0 saturated heterocycles. The van der Waals surface area contributed by atoms with Gasteiger partial charge in [0, 0.05) is 18.0 Å². The van der Waals surface area contributed by atoms with Gasteiger partial charge in [-0.05, 0) is 62.8 Å². The second-order valence-electron chi connectivity index (χ2n) is 9.48. The Morgan fingerprint density at radius 2 is 1.60 bits per heavy atom. The lowest BCUT2D eigenvalue weighted by molar-refractivity contribution is 0.0922. The molecule has 2 aliphatic carbocycles. The fourth-order valence-electron chi connectivity index (χ4n) is 4.80. The van der Waals surface area contributed by atoms with E-state index in [1.807, 2.05) is 41.2 Å². The van der Waals surface area contributed by atoms with E-state index in [1.54, 1.807) is 12.1 Å². The van der Waals surface area contributed by atoms with Crippen molar-refractivity contribution in [2.24, 2.45) is 0 Å². The lowest BCUT2D eigenvalue weighted by Crippen LogP contribution is -2.40. The third-order valence-corrected chi connectivity index (χ3v) is 6.91. The van der Waals surface area contributed by atoms with Gasteiger partial charge in [0.2, 0.25) is 0 Å². The number of nitrogens with zero attached hydrogens (tertiary/aromatic N) is 4. The molecule has 2 heterocycles. The smallest absolute Gasteiger partial charge is 0.254 e. The van der Waals surface area contributed by atoms with Crippen LogP contribution in [0.25, 0.3) is 16.7 Å². The summed E-state index contributed by atoms with van der Waals surface area (Å²) in [5.74, 6) is 1.29. The van der Waals surface area contributed by atoms with E-state index in [4.69, 9.17) is 9.97 Å². The molecular weight excluding hydrogens is 443 g/mol. The van der Waals surface area contributed by atoms with Crippen molar-refractivity contribution >= 4 is 22.8 Å². The molecule has 1 amide bonds. The molecule has 2 fully saturated rings. The molecule has 0 aliphatic heterocycles. The monoisotopic (exact) mass is 470 g/mol. The predicted octanol–water partition coefficient (Wildman–Crippen LogP) is 4.99. The third kappa shape index (κ3) is 4.48. The standard InChI is InChI=1S/C27H27FN6O/c28-23-9-5-4-8-21(23)27(35)31-19-14-12-18(13-15-19)30-25-22-16-29-34(20-6-2-1-3-7-20)26(22)33-24(32-25)17-10-11-17/h1-9,16-19H,10-15H2,(H,31,35)(H,30,32,33). The maximum Gasteiger partial charge on any atom is 0.254 e. The maximum absolute atomic E-state index is 13.9. The zero-order chi connectivity index (χ0) is 23.8. The number of hydrogen-bond donors (Lipinski definition) is 2. The number of anilines is 1. The number of benzene rings is 2. The molecule has 4 aromatic rings. The van der Waals surface area contributed by atoms with Gasteiger partial charge in [-0.3, -0.25) is 4.79 Å². The highest BCUT2D eigenvalue weighted by Gasteiger charge is 2.30. The molecule has 0 unspecified atom stereocenters. The lowest BCUT2D eigenvalue weighted by Gasteiger charge is -2.30. The molecule has 6 rings (SSSR count). The van der Waals surface area contributed by atoms with Crippen LogP contribution in [0, 0.1) is 5.82 Å². The quantitative estimate of drug-likeness (QED) is 0.415. The van der Waals surface area contributed by atoms with Gasteiger partial charge >= 0.3 is 0 Å². The Bertz CT molecular complexity index is 1360. The Labute approximate surface area is 202 Å². The van der Waals surface area contributed by atoms with E-state index in [1.165, 1.54) is 12.1 Å². The average molecular weight is 471 g/mol. The van der Waals surface area contributed by atoms with Gasteiger partial charge in [-0.25, -0.2) is 19.0 Å². The van der Waals surface area contributed by atoms with Crippen molar-refractivity contribution in [3.05, 3.63) is 78.0 Å². The molecule has 0 radical (unpaired) electrons. The molecule has 2 aromatic carbocycles. The van der Waals surface area contributed by atoms with Crippen molar-refractivity contribution in [3.63, 3.8) is 0 Å². The molecule has 2 N–H and O–H groups in total. The lowest BCUT2D eigenvalue weighted by atomic mass is 9.91. The number of para-hydroxylation sites is 1. The Morgan fingerprint density at radius 3 is 2.34 bits per heavy atom. The van der Waals surface area contributed by atoms with Crippen molar-refractivity contribution in [2.45, 2.75) is 56.5 Å². The summed E-state index contributed by atoms with van der Waals surface area (Å²) in [6.07, 6.45) is 7.50. The molecule has 178 valence electrons. The molecule has 8 heteroatoms. The number of rotatable bonds is 6. The van der Waals surface area contributed by atoms with Crippen molar-refractivity contribution in [3.8, 4) is 5.69 Å². The maximum atomic E-state index is 13.9. The number of aromatic nitrogens is 4. The van der Waals surface area contributed by atoms with Crippen LogP contribution < -0.4 is 10.6 Å². The van der Waals surface area contributed by atoms with E-state index in [0.717, 1.165) is 66.9 Å². The summed E-state index contributed by atoms with van der Waals surface area (Å²) in [7, 11) is 0. The predicted molar refractivity (Wildman–Crippen MR) is 132 cm³/mol. The summed E-state index contributed by atoms with van der Waals surface area (Å²) in [5.41, 5.74) is 1.89. The fraction of sp³-hybridized carbons (Fsp3) is 0.333. The number of nitrogens with one attached hydrogen (secondary N) is 2. The summed E-state index contributed by atoms with van der Waals surface area (Å²) in [4.78, 5) is 22.3. The van der Waals surface area contributed by atoms with Crippen LogP contribution in [-0.4, -0.2) is 37.7 Å². The Hall–Kier alpha value is -3.81. The second kappa shape index (κ2) is 9.09. The van der Waals surface area contributed by atoms with Gasteiger partial charge < -0.3 is 10.6 Å². The molecule has 2 saturated carbocycles. The van der Waals surface area contributed by atoms with Gasteiger partial charge in [0.05, 0.1) is 22.8 Å². The summed E-state index contributed by atoms with van der Waals surface area (Å²) in [5, 5.41) is 12.2. The number of carbonyl (C=O) groups excluding carboxylic acids is 1. The van der Waals surface area contributed by atoms with Crippen molar-refractivity contribution in [1.82, 2.24) is 25.1 Å². The average Bonchev–Trinajstić information content (AvgIpc) is 3.65. The van der Waals surface area contributed by atoms with Crippen molar-refractivity contribution in [1.29, 1.82) is 0 Å². The summed E-state index contributed by atoms with van der Waals surface area (Å²) in [6, 6.07) is 16.4. The van der Waals surface area contributed by atoms with Crippen LogP contribution in [0.5, 0.6) is 0 Å². The van der Waals surface area contributed by atoms with E-state index in [2.05, 4.69) is 15.7 Å². The first-order valence-corrected chi connectivity index (χ1v) is 12.3. The summed E-state index contributed by atoms with van der Waals surface area (Å²) in [6.45, 7) is 0. The number of amides is 1. The third-order valence-electron chi connectivity index (χ3n) is 6.91. The fourth-order valence-corrected chi connectivity index (χ4v) is 4.80.